The van der Waals surface area contributed by atoms with Crippen LogP contribution in [0.5, 0.6) is 11.5 Å². The zero-order valence-electron chi connectivity index (χ0n) is 18.2. The van der Waals surface area contributed by atoms with Crippen molar-refractivity contribution in [2.24, 2.45) is 0 Å². The number of carbonyl (C=O) groups excluding carboxylic acids is 1. The minimum Gasteiger partial charge on any atom is -0.493 e. The summed E-state index contributed by atoms with van der Waals surface area (Å²) >= 11 is 0. The monoisotopic (exact) mass is 411 g/mol. The summed E-state index contributed by atoms with van der Waals surface area (Å²) in [6.45, 7) is 6.39. The lowest BCUT2D eigenvalue weighted by Gasteiger charge is -2.36. The van der Waals surface area contributed by atoms with E-state index in [4.69, 9.17) is 9.47 Å². The first kappa shape index (κ1) is 20.8. The SMILES string of the molecule is COc1ccc(N2CCN(CCCCn3ccc4c3CCCC4=O)CC2)cc1OC. The Balaban J connectivity index is 1.21. The van der Waals surface area contributed by atoms with Crippen molar-refractivity contribution in [1.82, 2.24) is 9.47 Å². The molecule has 1 saturated heterocycles. The van der Waals surface area contributed by atoms with Gasteiger partial charge in [-0.15, -0.1) is 0 Å². The first-order chi connectivity index (χ1) is 14.7. The number of fused-ring (bicyclic) bond motifs is 1. The fraction of sp³-hybridized carbons (Fsp3) is 0.542. The number of carbonyl (C=O) groups is 1. The lowest BCUT2D eigenvalue weighted by atomic mass is 9.97. The summed E-state index contributed by atoms with van der Waals surface area (Å²) in [6, 6.07) is 8.18. The van der Waals surface area contributed by atoms with Crippen molar-refractivity contribution in [2.45, 2.75) is 38.6 Å². The largest absolute Gasteiger partial charge is 0.493 e. The Hall–Kier alpha value is -2.47. The second-order valence-corrected chi connectivity index (χ2v) is 8.22. The van der Waals surface area contributed by atoms with Crippen LogP contribution in [-0.4, -0.2) is 62.2 Å². The molecular weight excluding hydrogens is 378 g/mol. The average molecular weight is 412 g/mol. The molecule has 1 aliphatic carbocycles. The molecule has 1 fully saturated rings. The molecule has 0 saturated carbocycles. The maximum atomic E-state index is 12.0. The van der Waals surface area contributed by atoms with Crippen molar-refractivity contribution in [3.63, 3.8) is 0 Å². The number of anilines is 1. The maximum absolute atomic E-state index is 12.0. The van der Waals surface area contributed by atoms with Gasteiger partial charge in [0.2, 0.25) is 0 Å². The Labute approximate surface area is 179 Å². The fourth-order valence-corrected chi connectivity index (χ4v) is 4.67. The number of unbranched alkanes of at least 4 members (excludes halogenated alkanes) is 1. The molecule has 30 heavy (non-hydrogen) atoms. The summed E-state index contributed by atoms with van der Waals surface area (Å²) in [5.41, 5.74) is 3.42. The van der Waals surface area contributed by atoms with Crippen molar-refractivity contribution in [2.75, 3.05) is 51.8 Å². The number of ketones is 1. The van der Waals surface area contributed by atoms with Gasteiger partial charge in [0.05, 0.1) is 14.2 Å². The number of methoxy groups -OCH3 is 2. The topological polar surface area (TPSA) is 46.9 Å². The number of Topliss-reactive ketones (excluding diaryl/α,β-unsaturated/α-hetero) is 1. The van der Waals surface area contributed by atoms with Gasteiger partial charge in [-0.1, -0.05) is 0 Å². The Morgan fingerprint density at radius 2 is 1.67 bits per heavy atom. The molecule has 2 heterocycles. The zero-order valence-corrected chi connectivity index (χ0v) is 18.2. The van der Waals surface area contributed by atoms with E-state index in [1.165, 1.54) is 17.8 Å². The van der Waals surface area contributed by atoms with Crippen LogP contribution in [0.25, 0.3) is 0 Å². The number of hydrogen-bond acceptors (Lipinski definition) is 5. The Bertz CT molecular complexity index is 869. The molecule has 1 aliphatic heterocycles. The van der Waals surface area contributed by atoms with Gasteiger partial charge in [0.25, 0.3) is 0 Å². The van der Waals surface area contributed by atoms with Gasteiger partial charge in [0.15, 0.2) is 17.3 Å². The van der Waals surface area contributed by atoms with E-state index in [9.17, 15) is 4.79 Å². The number of hydrogen-bond donors (Lipinski definition) is 0. The van der Waals surface area contributed by atoms with E-state index >= 15 is 0 Å². The maximum Gasteiger partial charge on any atom is 0.164 e. The Morgan fingerprint density at radius 1 is 0.900 bits per heavy atom. The van der Waals surface area contributed by atoms with Crippen LogP contribution in [0.1, 0.15) is 41.7 Å². The van der Waals surface area contributed by atoms with Gasteiger partial charge in [-0.3, -0.25) is 9.69 Å². The van der Waals surface area contributed by atoms with Crippen molar-refractivity contribution < 1.29 is 14.3 Å². The summed E-state index contributed by atoms with van der Waals surface area (Å²) in [7, 11) is 3.35. The minimum absolute atomic E-state index is 0.322. The number of nitrogens with zero attached hydrogens (tertiary/aromatic N) is 3. The molecule has 0 atom stereocenters. The van der Waals surface area contributed by atoms with E-state index in [0.29, 0.717) is 12.2 Å². The Morgan fingerprint density at radius 3 is 2.43 bits per heavy atom. The van der Waals surface area contributed by atoms with Gasteiger partial charge in [-0.25, -0.2) is 0 Å². The molecule has 6 heteroatoms. The molecule has 2 aromatic rings. The number of benzene rings is 1. The van der Waals surface area contributed by atoms with Gasteiger partial charge in [0.1, 0.15) is 0 Å². The molecule has 0 amide bonds. The number of piperazine rings is 1. The third-order valence-corrected chi connectivity index (χ3v) is 6.42. The highest BCUT2D eigenvalue weighted by molar-refractivity contribution is 5.98. The summed E-state index contributed by atoms with van der Waals surface area (Å²) in [5, 5.41) is 0. The van der Waals surface area contributed by atoms with Crippen LogP contribution in [0.15, 0.2) is 30.5 Å². The first-order valence-electron chi connectivity index (χ1n) is 11.1. The van der Waals surface area contributed by atoms with Crippen LogP contribution in [0.2, 0.25) is 0 Å². The van der Waals surface area contributed by atoms with Crippen LogP contribution < -0.4 is 14.4 Å². The Kier molecular flexibility index (Phi) is 6.62. The normalized spacial score (nSPS) is 17.1. The molecule has 0 spiro atoms. The second kappa shape index (κ2) is 9.56. The molecule has 0 radical (unpaired) electrons. The van der Waals surface area contributed by atoms with E-state index < -0.39 is 0 Å². The third kappa shape index (κ3) is 4.48. The molecule has 6 nitrogen and oxygen atoms in total. The smallest absolute Gasteiger partial charge is 0.164 e. The highest BCUT2D eigenvalue weighted by Crippen LogP contribution is 2.32. The predicted molar refractivity (Wildman–Crippen MR) is 119 cm³/mol. The van der Waals surface area contributed by atoms with E-state index in [1.54, 1.807) is 14.2 Å². The summed E-state index contributed by atoms with van der Waals surface area (Å²) in [5.74, 6) is 1.88. The molecule has 0 bridgehead atoms. The van der Waals surface area contributed by atoms with Crippen molar-refractivity contribution >= 4 is 11.5 Å². The molecule has 2 aliphatic rings. The van der Waals surface area contributed by atoms with E-state index in [1.807, 2.05) is 12.1 Å². The number of rotatable bonds is 8. The van der Waals surface area contributed by atoms with Crippen LogP contribution >= 0.6 is 0 Å². The predicted octanol–water partition coefficient (Wildman–Crippen LogP) is 3.63. The van der Waals surface area contributed by atoms with E-state index in [-0.39, 0.29) is 0 Å². The summed E-state index contributed by atoms with van der Waals surface area (Å²) < 4.78 is 13.1. The van der Waals surface area contributed by atoms with Crippen LogP contribution in [-0.2, 0) is 13.0 Å². The number of ether oxygens (including phenoxy) is 2. The van der Waals surface area contributed by atoms with Crippen LogP contribution in [0.4, 0.5) is 5.69 Å². The summed E-state index contributed by atoms with van der Waals surface area (Å²) in [6.07, 6.45) is 7.22. The highest BCUT2D eigenvalue weighted by Gasteiger charge is 2.21. The number of aromatic nitrogens is 1. The van der Waals surface area contributed by atoms with Crippen LogP contribution in [0.3, 0.4) is 0 Å². The average Bonchev–Trinajstić information content (AvgIpc) is 3.21. The quantitative estimate of drug-likeness (QED) is 0.621. The molecule has 162 valence electrons. The van der Waals surface area contributed by atoms with E-state index in [2.05, 4.69) is 32.7 Å². The lowest BCUT2D eigenvalue weighted by molar-refractivity contribution is 0.0971. The third-order valence-electron chi connectivity index (χ3n) is 6.42. The van der Waals surface area contributed by atoms with Gasteiger partial charge in [-0.05, 0) is 50.4 Å². The first-order valence-corrected chi connectivity index (χ1v) is 11.1. The molecule has 0 N–H and O–H groups in total. The van der Waals surface area contributed by atoms with Gasteiger partial charge >= 0.3 is 0 Å². The van der Waals surface area contributed by atoms with E-state index in [0.717, 1.165) is 75.6 Å². The van der Waals surface area contributed by atoms with Crippen molar-refractivity contribution in [1.29, 1.82) is 0 Å². The van der Waals surface area contributed by atoms with Gasteiger partial charge in [-0.2, -0.15) is 0 Å². The molecule has 4 rings (SSSR count). The minimum atomic E-state index is 0.322. The molecule has 1 aromatic carbocycles. The van der Waals surface area contributed by atoms with Gasteiger partial charge in [0, 0.05) is 68.4 Å². The zero-order chi connectivity index (χ0) is 20.9. The standard InChI is InChI=1S/C24H33N3O3/c1-29-23-9-8-19(18-24(23)30-2)26-16-14-25(15-17-26)11-3-4-12-27-13-10-20-21(27)6-5-7-22(20)28/h8-10,13,18H,3-7,11-12,14-17H2,1-2H3. The van der Waals surface area contributed by atoms with Crippen LogP contribution in [0, 0.1) is 0 Å². The molecular formula is C24H33N3O3. The second-order valence-electron chi connectivity index (χ2n) is 8.22. The molecule has 1 aromatic heterocycles. The lowest BCUT2D eigenvalue weighted by Crippen LogP contribution is -2.46. The van der Waals surface area contributed by atoms with Crippen molar-refractivity contribution in [3.05, 3.63) is 41.7 Å². The summed E-state index contributed by atoms with van der Waals surface area (Å²) in [4.78, 5) is 17.0. The highest BCUT2D eigenvalue weighted by atomic mass is 16.5. The number of aryl methyl sites for hydroxylation is 1. The molecule has 0 unspecified atom stereocenters. The van der Waals surface area contributed by atoms with Crippen molar-refractivity contribution in [3.8, 4) is 11.5 Å². The van der Waals surface area contributed by atoms with Gasteiger partial charge < -0.3 is 18.9 Å². The fourth-order valence-electron chi connectivity index (χ4n) is 4.67.